The highest BCUT2D eigenvalue weighted by molar-refractivity contribution is 6.02. The molecule has 2 aromatic rings. The number of esters is 1. The zero-order chi connectivity index (χ0) is 25.3. The van der Waals surface area contributed by atoms with Crippen molar-refractivity contribution in [3.05, 3.63) is 50.3 Å². The van der Waals surface area contributed by atoms with E-state index in [1.54, 1.807) is 0 Å². The summed E-state index contributed by atoms with van der Waals surface area (Å²) < 4.78 is 18.3. The predicted molar refractivity (Wildman–Crippen MR) is 128 cm³/mol. The Hall–Kier alpha value is -3.56. The van der Waals surface area contributed by atoms with Crippen LogP contribution in [0.2, 0.25) is 0 Å². The van der Waals surface area contributed by atoms with E-state index >= 15 is 0 Å². The molecule has 2 aliphatic carbocycles. The molecule has 1 aromatic carbocycles. The summed E-state index contributed by atoms with van der Waals surface area (Å²) in [6.45, 7) is -0.298. The van der Waals surface area contributed by atoms with Crippen LogP contribution in [0.5, 0.6) is 11.5 Å². The van der Waals surface area contributed by atoms with Crippen LogP contribution in [0.1, 0.15) is 48.2 Å². The van der Waals surface area contributed by atoms with Gasteiger partial charge in [-0.05, 0) is 37.0 Å². The van der Waals surface area contributed by atoms with Gasteiger partial charge < -0.3 is 19.5 Å². The maximum absolute atomic E-state index is 13.0. The second kappa shape index (κ2) is 9.97. The Kier molecular flexibility index (Phi) is 7.00. The third kappa shape index (κ3) is 4.96. The molecule has 0 radical (unpaired) electrons. The number of amides is 1. The molecule has 2 fully saturated rings. The molecule has 1 amide bonds. The van der Waals surface area contributed by atoms with Crippen molar-refractivity contribution in [3.63, 3.8) is 0 Å². The Bertz CT molecular complexity index is 1260. The van der Waals surface area contributed by atoms with Gasteiger partial charge in [0.2, 0.25) is 5.91 Å². The molecule has 1 heterocycles. The van der Waals surface area contributed by atoms with Crippen LogP contribution in [0.15, 0.2) is 27.8 Å². The number of ether oxygens (including phenoxy) is 3. The molecule has 2 aliphatic rings. The Morgan fingerprint density at radius 3 is 2.34 bits per heavy atom. The maximum Gasteiger partial charge on any atom is 0.340 e. The Morgan fingerprint density at radius 2 is 1.71 bits per heavy atom. The molecule has 0 aliphatic heterocycles. The molecular weight excluding hydrogens is 454 g/mol. The number of anilines is 1. The van der Waals surface area contributed by atoms with Crippen molar-refractivity contribution < 1.29 is 23.8 Å². The van der Waals surface area contributed by atoms with Crippen LogP contribution in [0.25, 0.3) is 0 Å². The van der Waals surface area contributed by atoms with Gasteiger partial charge in [-0.15, -0.1) is 0 Å². The molecule has 3 atom stereocenters. The van der Waals surface area contributed by atoms with E-state index in [9.17, 15) is 19.2 Å². The number of hydrogen-bond donors (Lipinski definition) is 1. The number of nitrogens with zero attached hydrogens (tertiary/aromatic N) is 2. The van der Waals surface area contributed by atoms with Gasteiger partial charge in [-0.2, -0.15) is 0 Å². The molecule has 10 nitrogen and oxygen atoms in total. The minimum absolute atomic E-state index is 0.0813. The maximum atomic E-state index is 13.0. The molecule has 1 aromatic heterocycles. The van der Waals surface area contributed by atoms with Crippen LogP contribution in [0, 0.1) is 17.8 Å². The van der Waals surface area contributed by atoms with E-state index in [0.29, 0.717) is 29.8 Å². The number of carbonyl (C=O) groups excluding carboxylic acids is 2. The number of carbonyl (C=O) groups is 2. The fourth-order valence-corrected chi connectivity index (χ4v) is 5.35. The van der Waals surface area contributed by atoms with Crippen molar-refractivity contribution in [2.45, 2.75) is 38.7 Å². The average Bonchev–Trinajstić information content (AvgIpc) is 3.46. The van der Waals surface area contributed by atoms with Crippen LogP contribution in [0.3, 0.4) is 0 Å². The fourth-order valence-electron chi connectivity index (χ4n) is 5.35. The van der Waals surface area contributed by atoms with Crippen LogP contribution in [-0.4, -0.2) is 35.2 Å². The Labute approximate surface area is 202 Å². The Balaban J connectivity index is 1.54. The second-order valence-corrected chi connectivity index (χ2v) is 9.39. The molecule has 4 rings (SSSR count). The summed E-state index contributed by atoms with van der Waals surface area (Å²) in [5.74, 6) is 1.44. The number of fused-ring (bicyclic) bond motifs is 2. The number of nitrogens with one attached hydrogen (secondary N) is 1. The van der Waals surface area contributed by atoms with Gasteiger partial charge in [0.25, 0.3) is 5.56 Å². The zero-order valence-corrected chi connectivity index (χ0v) is 20.5. The molecule has 1 N–H and O–H groups in total. The fraction of sp³-hybridized carbons (Fsp3) is 0.520. The van der Waals surface area contributed by atoms with Gasteiger partial charge in [-0.3, -0.25) is 18.7 Å². The lowest BCUT2D eigenvalue weighted by atomic mass is 9.86. The van der Waals surface area contributed by atoms with E-state index < -0.39 is 17.2 Å². The topological polar surface area (TPSA) is 118 Å². The predicted octanol–water partition coefficient (Wildman–Crippen LogP) is 2.22. The van der Waals surface area contributed by atoms with Gasteiger partial charge in [0, 0.05) is 38.7 Å². The van der Waals surface area contributed by atoms with Crippen molar-refractivity contribution in [2.24, 2.45) is 31.8 Å². The zero-order valence-electron chi connectivity index (χ0n) is 20.5. The van der Waals surface area contributed by atoms with E-state index in [1.807, 2.05) is 0 Å². The van der Waals surface area contributed by atoms with E-state index in [4.69, 9.17) is 14.2 Å². The van der Waals surface area contributed by atoms with E-state index in [0.717, 1.165) is 16.9 Å². The summed E-state index contributed by atoms with van der Waals surface area (Å²) in [5, 5.41) is 2.86. The van der Waals surface area contributed by atoms with Gasteiger partial charge in [-0.1, -0.05) is 6.42 Å². The summed E-state index contributed by atoms with van der Waals surface area (Å²) in [6, 6.07) is 4.21. The lowest BCUT2D eigenvalue weighted by molar-refractivity contribution is -0.117. The first-order valence-electron chi connectivity index (χ1n) is 11.7. The number of aromatic nitrogens is 2. The smallest absolute Gasteiger partial charge is 0.340 e. The molecule has 10 heteroatoms. The van der Waals surface area contributed by atoms with Gasteiger partial charge in [-0.25, -0.2) is 9.59 Å². The third-order valence-electron chi connectivity index (χ3n) is 7.33. The van der Waals surface area contributed by atoms with Crippen molar-refractivity contribution in [1.82, 2.24) is 9.13 Å². The number of methoxy groups -OCH3 is 2. The standard InChI is InChI=1S/C25H31N3O7/c1-27-17(10-23(30)28(2)25(27)32)13-35-24(31)18-11-20(33-3)21(34-4)12-19(18)26-22(29)9-16-8-14-5-6-15(16)7-14/h10-12,14-16H,5-9,13H2,1-4H3,(H,26,29)/t14-,15-,16-/m0/s1. The highest BCUT2D eigenvalue weighted by atomic mass is 16.5. The van der Waals surface area contributed by atoms with E-state index in [1.165, 1.54) is 70.3 Å². The summed E-state index contributed by atoms with van der Waals surface area (Å²) in [4.78, 5) is 50.1. The van der Waals surface area contributed by atoms with E-state index in [2.05, 4.69) is 5.32 Å². The number of rotatable bonds is 8. The van der Waals surface area contributed by atoms with Gasteiger partial charge in [0.05, 0.1) is 31.2 Å². The molecule has 2 bridgehead atoms. The molecule has 0 unspecified atom stereocenters. The highest BCUT2D eigenvalue weighted by Crippen LogP contribution is 2.49. The van der Waals surface area contributed by atoms with Crippen molar-refractivity contribution >= 4 is 17.6 Å². The van der Waals surface area contributed by atoms with Gasteiger partial charge in [0.15, 0.2) is 11.5 Å². The van der Waals surface area contributed by atoms with Gasteiger partial charge >= 0.3 is 11.7 Å². The molecular formula is C25H31N3O7. The number of hydrogen-bond acceptors (Lipinski definition) is 7. The minimum Gasteiger partial charge on any atom is -0.493 e. The monoisotopic (exact) mass is 485 g/mol. The first kappa shape index (κ1) is 24.6. The van der Waals surface area contributed by atoms with Crippen molar-refractivity contribution in [2.75, 3.05) is 19.5 Å². The van der Waals surface area contributed by atoms with Crippen LogP contribution >= 0.6 is 0 Å². The summed E-state index contributed by atoms with van der Waals surface area (Å²) in [6.07, 6.45) is 5.12. The largest absolute Gasteiger partial charge is 0.493 e. The highest BCUT2D eigenvalue weighted by Gasteiger charge is 2.40. The lowest BCUT2D eigenvalue weighted by Gasteiger charge is -2.21. The number of benzene rings is 1. The third-order valence-corrected chi connectivity index (χ3v) is 7.33. The molecule has 188 valence electrons. The van der Waals surface area contributed by atoms with Crippen molar-refractivity contribution in [3.8, 4) is 11.5 Å². The van der Waals surface area contributed by atoms with Crippen LogP contribution in [0.4, 0.5) is 5.69 Å². The first-order chi connectivity index (χ1) is 16.7. The van der Waals surface area contributed by atoms with Crippen molar-refractivity contribution in [1.29, 1.82) is 0 Å². The van der Waals surface area contributed by atoms with Crippen LogP contribution in [-0.2, 0) is 30.2 Å². The van der Waals surface area contributed by atoms with E-state index in [-0.39, 0.29) is 29.5 Å². The van der Waals surface area contributed by atoms with Gasteiger partial charge in [0.1, 0.15) is 6.61 Å². The molecule has 0 spiro atoms. The summed E-state index contributed by atoms with van der Waals surface area (Å²) in [5.41, 5.74) is -0.452. The van der Waals surface area contributed by atoms with Crippen LogP contribution < -0.4 is 26.0 Å². The molecule has 0 saturated heterocycles. The molecule has 2 saturated carbocycles. The average molecular weight is 486 g/mol. The molecule has 35 heavy (non-hydrogen) atoms. The first-order valence-corrected chi connectivity index (χ1v) is 11.7. The minimum atomic E-state index is -0.741. The summed E-state index contributed by atoms with van der Waals surface area (Å²) in [7, 11) is 5.77. The SMILES string of the molecule is COc1cc(NC(=O)C[C@@H]2C[C@H]3CC[C@H]2C3)c(C(=O)OCc2cc(=O)n(C)c(=O)n2C)cc1OC. The normalized spacial score (nSPS) is 20.5. The Morgan fingerprint density at radius 1 is 1.00 bits per heavy atom. The quantitative estimate of drug-likeness (QED) is 0.570. The second-order valence-electron chi connectivity index (χ2n) is 9.39. The summed E-state index contributed by atoms with van der Waals surface area (Å²) >= 11 is 0. The lowest BCUT2D eigenvalue weighted by Crippen LogP contribution is -2.38.